The first-order chi connectivity index (χ1) is 11.1. The highest BCUT2D eigenvalue weighted by Gasteiger charge is 2.10. The molecule has 4 nitrogen and oxygen atoms in total. The minimum absolute atomic E-state index is 0. The number of hydrogen-bond donors (Lipinski definition) is 3. The maximum atomic E-state index is 9.16. The van der Waals surface area contributed by atoms with Crippen molar-refractivity contribution in [2.45, 2.75) is 59.4 Å². The van der Waals surface area contributed by atoms with Gasteiger partial charge in [0.2, 0.25) is 0 Å². The highest BCUT2D eigenvalue weighted by molar-refractivity contribution is 14.0. The first-order valence-corrected chi connectivity index (χ1v) is 9.61. The Hall–Kier alpha value is -0.340. The summed E-state index contributed by atoms with van der Waals surface area (Å²) in [6.07, 6.45) is 4.10. The molecule has 0 radical (unpaired) electrons. The Balaban J connectivity index is 0.00000529. The molecule has 3 N–H and O–H groups in total. The highest BCUT2D eigenvalue weighted by atomic mass is 127. The number of aliphatic hydroxyl groups is 1. The van der Waals surface area contributed by atoms with Crippen LogP contribution < -0.4 is 10.6 Å². The van der Waals surface area contributed by atoms with Crippen molar-refractivity contribution in [2.75, 3.05) is 19.7 Å². The van der Waals surface area contributed by atoms with Crippen molar-refractivity contribution in [2.24, 2.45) is 10.9 Å². The van der Waals surface area contributed by atoms with E-state index in [-0.39, 0.29) is 30.6 Å². The average Bonchev–Trinajstić information content (AvgIpc) is 2.90. The molecule has 1 heterocycles. The van der Waals surface area contributed by atoms with Gasteiger partial charge in [-0.2, -0.15) is 0 Å². The molecular formula is C18H34IN3OS. The van der Waals surface area contributed by atoms with E-state index in [0.717, 1.165) is 44.7 Å². The van der Waals surface area contributed by atoms with Crippen LogP contribution in [0.15, 0.2) is 17.1 Å². The fraction of sp³-hybridized carbons (Fsp3) is 0.722. The SMILES string of the molecule is CCCC(CCO)CN=C(NCC)NC(C)Cc1ccc(C)s1.I. The lowest BCUT2D eigenvalue weighted by atomic mass is 10.0. The standard InChI is InChI=1S/C18H33N3OS.HI/c1-5-7-16(10-11-22)13-20-18(19-6-2)21-14(3)12-17-9-8-15(4)23-17;/h8-9,14,16,22H,5-7,10-13H2,1-4H3,(H2,19,20,21);1H. The molecule has 0 saturated carbocycles. The molecule has 0 aliphatic carbocycles. The maximum absolute atomic E-state index is 9.16. The van der Waals surface area contributed by atoms with Crippen molar-refractivity contribution in [3.63, 3.8) is 0 Å². The lowest BCUT2D eigenvalue weighted by Crippen LogP contribution is -2.43. The fourth-order valence-corrected chi connectivity index (χ4v) is 3.66. The van der Waals surface area contributed by atoms with Gasteiger partial charge in [0.15, 0.2) is 5.96 Å². The van der Waals surface area contributed by atoms with Crippen molar-refractivity contribution >= 4 is 41.3 Å². The van der Waals surface area contributed by atoms with Crippen LogP contribution in [0.4, 0.5) is 0 Å². The summed E-state index contributed by atoms with van der Waals surface area (Å²) in [5.74, 6) is 1.35. The molecule has 140 valence electrons. The summed E-state index contributed by atoms with van der Waals surface area (Å²) in [6.45, 7) is 10.5. The van der Waals surface area contributed by atoms with Gasteiger partial charge in [-0.3, -0.25) is 4.99 Å². The molecule has 2 unspecified atom stereocenters. The van der Waals surface area contributed by atoms with Gasteiger partial charge in [-0.15, -0.1) is 35.3 Å². The number of nitrogens with one attached hydrogen (secondary N) is 2. The summed E-state index contributed by atoms with van der Waals surface area (Å²) >= 11 is 1.86. The van der Waals surface area contributed by atoms with Gasteiger partial charge in [-0.1, -0.05) is 13.3 Å². The van der Waals surface area contributed by atoms with Gasteiger partial charge in [0, 0.05) is 41.9 Å². The fourth-order valence-electron chi connectivity index (χ4n) is 2.64. The maximum Gasteiger partial charge on any atom is 0.191 e. The van der Waals surface area contributed by atoms with Crippen LogP contribution in [0.3, 0.4) is 0 Å². The summed E-state index contributed by atoms with van der Waals surface area (Å²) in [4.78, 5) is 7.49. The van der Waals surface area contributed by atoms with Gasteiger partial charge in [0.05, 0.1) is 0 Å². The number of thiophene rings is 1. The number of halogens is 1. The molecule has 0 fully saturated rings. The number of rotatable bonds is 10. The summed E-state index contributed by atoms with van der Waals surface area (Å²) in [5, 5.41) is 16.0. The van der Waals surface area contributed by atoms with E-state index in [1.807, 2.05) is 11.3 Å². The Morgan fingerprint density at radius 1 is 1.29 bits per heavy atom. The molecule has 24 heavy (non-hydrogen) atoms. The van der Waals surface area contributed by atoms with Crippen LogP contribution in [0.25, 0.3) is 0 Å². The third kappa shape index (κ3) is 9.84. The predicted octanol–water partition coefficient (Wildman–Crippen LogP) is 3.96. The Bertz CT molecular complexity index is 459. The molecular weight excluding hydrogens is 433 g/mol. The molecule has 1 rings (SSSR count). The van der Waals surface area contributed by atoms with Crippen molar-refractivity contribution < 1.29 is 5.11 Å². The Morgan fingerprint density at radius 2 is 2.04 bits per heavy atom. The molecule has 0 amide bonds. The normalized spacial score (nSPS) is 14.0. The van der Waals surface area contributed by atoms with Crippen LogP contribution in [0, 0.1) is 12.8 Å². The molecule has 6 heteroatoms. The second kappa shape index (κ2) is 13.9. The first-order valence-electron chi connectivity index (χ1n) is 8.80. The van der Waals surface area contributed by atoms with Crippen molar-refractivity contribution in [3.05, 3.63) is 21.9 Å². The van der Waals surface area contributed by atoms with Gasteiger partial charge >= 0.3 is 0 Å². The van der Waals surface area contributed by atoms with E-state index in [4.69, 9.17) is 10.1 Å². The minimum Gasteiger partial charge on any atom is -0.396 e. The van der Waals surface area contributed by atoms with Crippen molar-refractivity contribution in [1.82, 2.24) is 10.6 Å². The number of nitrogens with zero attached hydrogens (tertiary/aromatic N) is 1. The molecule has 0 spiro atoms. The molecule has 0 bridgehead atoms. The van der Waals surface area contributed by atoms with E-state index in [9.17, 15) is 0 Å². The number of aliphatic imine (C=N–C) groups is 1. The highest BCUT2D eigenvalue weighted by Crippen LogP contribution is 2.16. The van der Waals surface area contributed by atoms with Crippen LogP contribution in [0.1, 0.15) is 49.8 Å². The van der Waals surface area contributed by atoms with Gasteiger partial charge < -0.3 is 15.7 Å². The monoisotopic (exact) mass is 467 g/mol. The molecule has 0 aliphatic heterocycles. The van der Waals surface area contributed by atoms with Gasteiger partial charge in [0.1, 0.15) is 0 Å². The zero-order valence-electron chi connectivity index (χ0n) is 15.5. The summed E-state index contributed by atoms with van der Waals surface area (Å²) in [6, 6.07) is 4.73. The van der Waals surface area contributed by atoms with Crippen LogP contribution >= 0.6 is 35.3 Å². The zero-order chi connectivity index (χ0) is 17.1. The van der Waals surface area contributed by atoms with E-state index in [1.165, 1.54) is 9.75 Å². The summed E-state index contributed by atoms with van der Waals surface area (Å²) in [7, 11) is 0. The number of hydrogen-bond acceptors (Lipinski definition) is 3. The van der Waals surface area contributed by atoms with E-state index in [1.54, 1.807) is 0 Å². The van der Waals surface area contributed by atoms with Crippen LogP contribution in [-0.4, -0.2) is 36.8 Å². The van der Waals surface area contributed by atoms with Crippen molar-refractivity contribution in [1.29, 1.82) is 0 Å². The summed E-state index contributed by atoms with van der Waals surface area (Å²) < 4.78 is 0. The minimum atomic E-state index is 0. The average molecular weight is 467 g/mol. The van der Waals surface area contributed by atoms with Gasteiger partial charge in [0.25, 0.3) is 0 Å². The third-order valence-electron chi connectivity index (χ3n) is 3.77. The van der Waals surface area contributed by atoms with Crippen LogP contribution in [0.2, 0.25) is 0 Å². The molecule has 0 aliphatic rings. The Kier molecular flexibility index (Phi) is 13.7. The van der Waals surface area contributed by atoms with Crippen molar-refractivity contribution in [3.8, 4) is 0 Å². The third-order valence-corrected chi connectivity index (χ3v) is 4.80. The molecule has 0 saturated heterocycles. The number of aliphatic hydroxyl groups excluding tert-OH is 1. The Morgan fingerprint density at radius 3 is 2.58 bits per heavy atom. The molecule has 0 aromatic carbocycles. The largest absolute Gasteiger partial charge is 0.396 e. The smallest absolute Gasteiger partial charge is 0.191 e. The quantitative estimate of drug-likeness (QED) is 0.278. The molecule has 1 aromatic rings. The molecule has 1 aromatic heterocycles. The lowest BCUT2D eigenvalue weighted by Gasteiger charge is -2.19. The second-order valence-electron chi connectivity index (χ2n) is 6.15. The first kappa shape index (κ1) is 23.7. The zero-order valence-corrected chi connectivity index (χ0v) is 18.6. The topological polar surface area (TPSA) is 56.7 Å². The Labute approximate surface area is 168 Å². The lowest BCUT2D eigenvalue weighted by molar-refractivity contribution is 0.253. The van der Waals surface area contributed by atoms with E-state index >= 15 is 0 Å². The van der Waals surface area contributed by atoms with E-state index < -0.39 is 0 Å². The predicted molar refractivity (Wildman–Crippen MR) is 117 cm³/mol. The van der Waals surface area contributed by atoms with Crippen LogP contribution in [-0.2, 0) is 6.42 Å². The van der Waals surface area contributed by atoms with E-state index in [2.05, 4.69) is 50.5 Å². The van der Waals surface area contributed by atoms with Gasteiger partial charge in [-0.05, 0) is 51.7 Å². The van der Waals surface area contributed by atoms with Gasteiger partial charge in [-0.25, -0.2) is 0 Å². The van der Waals surface area contributed by atoms with E-state index in [0.29, 0.717) is 12.0 Å². The number of guanidine groups is 1. The van der Waals surface area contributed by atoms with Crippen LogP contribution in [0.5, 0.6) is 0 Å². The molecule has 2 atom stereocenters. The number of aryl methyl sites for hydroxylation is 1. The summed E-state index contributed by atoms with van der Waals surface area (Å²) in [5.41, 5.74) is 0. The second-order valence-corrected chi connectivity index (χ2v) is 7.52.